The Morgan fingerprint density at radius 2 is 1.95 bits per heavy atom. The van der Waals surface area contributed by atoms with E-state index in [1.165, 1.54) is 29.2 Å². The average molecular weight is 307 g/mol. The molecule has 3 heteroatoms. The molecule has 1 fully saturated rings. The average Bonchev–Trinajstić information content (AvgIpc) is 2.48. The number of hydrogen-bond acceptors (Lipinski definition) is 3. The fraction of sp³-hybridized carbons (Fsp3) is 0.667. The van der Waals surface area contributed by atoms with Gasteiger partial charge in [0.1, 0.15) is 0 Å². The fourth-order valence-electron chi connectivity index (χ4n) is 2.85. The molecule has 1 saturated heterocycles. The van der Waals surface area contributed by atoms with Crippen molar-refractivity contribution in [3.05, 3.63) is 29.8 Å². The standard InChI is InChI=1S/C18H30N2S/c1-5-20(6-2)13-15-9-7-8-10-16(15)19-17-14-21-12-11-18(17,3)4/h7-10,17,19H,5-6,11-14H2,1-4H3. The monoisotopic (exact) mass is 306 g/mol. The van der Waals surface area contributed by atoms with Gasteiger partial charge in [0.2, 0.25) is 0 Å². The Morgan fingerprint density at radius 3 is 2.62 bits per heavy atom. The second kappa shape index (κ2) is 7.55. The lowest BCUT2D eigenvalue weighted by atomic mass is 9.82. The van der Waals surface area contributed by atoms with Gasteiger partial charge < -0.3 is 5.32 Å². The summed E-state index contributed by atoms with van der Waals surface area (Å²) in [6.45, 7) is 12.5. The molecule has 21 heavy (non-hydrogen) atoms. The Hall–Kier alpha value is -0.670. The summed E-state index contributed by atoms with van der Waals surface area (Å²) >= 11 is 2.08. The van der Waals surface area contributed by atoms with Crippen molar-refractivity contribution in [2.45, 2.75) is 46.7 Å². The van der Waals surface area contributed by atoms with Crippen molar-refractivity contribution in [1.82, 2.24) is 4.90 Å². The van der Waals surface area contributed by atoms with Gasteiger partial charge in [-0.2, -0.15) is 11.8 Å². The molecule has 1 atom stereocenters. The minimum Gasteiger partial charge on any atom is -0.381 e. The number of nitrogens with zero attached hydrogens (tertiary/aromatic N) is 1. The molecular weight excluding hydrogens is 276 g/mol. The third kappa shape index (κ3) is 4.40. The quantitative estimate of drug-likeness (QED) is 0.834. The largest absolute Gasteiger partial charge is 0.381 e. The lowest BCUT2D eigenvalue weighted by molar-refractivity contribution is 0.293. The van der Waals surface area contributed by atoms with Crippen LogP contribution in [0.1, 0.15) is 39.7 Å². The van der Waals surface area contributed by atoms with E-state index in [0.29, 0.717) is 11.5 Å². The number of thioether (sulfide) groups is 1. The normalized spacial score (nSPS) is 21.5. The minimum absolute atomic E-state index is 0.383. The molecule has 1 unspecified atom stereocenters. The lowest BCUT2D eigenvalue weighted by Gasteiger charge is -2.39. The van der Waals surface area contributed by atoms with Crippen LogP contribution in [-0.4, -0.2) is 35.5 Å². The van der Waals surface area contributed by atoms with Gasteiger partial charge in [-0.15, -0.1) is 0 Å². The summed E-state index contributed by atoms with van der Waals surface area (Å²) in [5, 5.41) is 3.85. The number of rotatable bonds is 6. The van der Waals surface area contributed by atoms with Crippen LogP contribution >= 0.6 is 11.8 Å². The number of benzene rings is 1. The molecule has 1 aromatic rings. The van der Waals surface area contributed by atoms with Crippen LogP contribution in [-0.2, 0) is 6.54 Å². The van der Waals surface area contributed by atoms with Crippen molar-refractivity contribution in [2.24, 2.45) is 5.41 Å². The molecule has 1 aromatic carbocycles. The van der Waals surface area contributed by atoms with Crippen molar-refractivity contribution < 1.29 is 0 Å². The van der Waals surface area contributed by atoms with Gasteiger partial charge in [0.05, 0.1) is 0 Å². The summed E-state index contributed by atoms with van der Waals surface area (Å²) in [6.07, 6.45) is 1.30. The molecule has 0 aromatic heterocycles. The summed E-state index contributed by atoms with van der Waals surface area (Å²) in [4.78, 5) is 2.47. The van der Waals surface area contributed by atoms with Crippen LogP contribution in [0.25, 0.3) is 0 Å². The Morgan fingerprint density at radius 1 is 1.24 bits per heavy atom. The Kier molecular flexibility index (Phi) is 6.00. The lowest BCUT2D eigenvalue weighted by Crippen LogP contribution is -2.42. The Balaban J connectivity index is 2.12. The molecular formula is C18H30N2S. The smallest absolute Gasteiger partial charge is 0.0403 e. The van der Waals surface area contributed by atoms with Crippen molar-refractivity contribution in [1.29, 1.82) is 0 Å². The SMILES string of the molecule is CCN(CC)Cc1ccccc1NC1CSCCC1(C)C. The van der Waals surface area contributed by atoms with Crippen LogP contribution in [0.15, 0.2) is 24.3 Å². The van der Waals surface area contributed by atoms with E-state index in [1.54, 1.807) is 0 Å². The predicted molar refractivity (Wildman–Crippen MR) is 96.2 cm³/mol. The number of nitrogens with one attached hydrogen (secondary N) is 1. The van der Waals surface area contributed by atoms with E-state index in [-0.39, 0.29) is 0 Å². The first-order valence-electron chi connectivity index (χ1n) is 8.21. The highest BCUT2D eigenvalue weighted by atomic mass is 32.2. The second-order valence-corrected chi connectivity index (χ2v) is 7.78. The third-order valence-corrected chi connectivity index (χ3v) is 5.82. The van der Waals surface area contributed by atoms with Gasteiger partial charge in [0.15, 0.2) is 0 Å². The maximum absolute atomic E-state index is 3.85. The van der Waals surface area contributed by atoms with E-state index in [9.17, 15) is 0 Å². The molecule has 0 bridgehead atoms. The molecule has 0 radical (unpaired) electrons. The van der Waals surface area contributed by atoms with Crippen LogP contribution in [0, 0.1) is 5.41 Å². The van der Waals surface area contributed by atoms with Gasteiger partial charge in [-0.25, -0.2) is 0 Å². The zero-order chi connectivity index (χ0) is 15.3. The molecule has 0 amide bonds. The van der Waals surface area contributed by atoms with Gasteiger partial charge in [-0.05, 0) is 42.3 Å². The Bertz CT molecular complexity index is 441. The number of hydrogen-bond donors (Lipinski definition) is 1. The zero-order valence-corrected chi connectivity index (χ0v) is 14.8. The molecule has 1 aliphatic heterocycles. The molecule has 118 valence electrons. The summed E-state index contributed by atoms with van der Waals surface area (Å²) in [5.74, 6) is 2.51. The van der Waals surface area contributed by atoms with Crippen molar-refractivity contribution in [3.63, 3.8) is 0 Å². The first-order valence-corrected chi connectivity index (χ1v) is 9.37. The first-order chi connectivity index (χ1) is 10.1. The highest BCUT2D eigenvalue weighted by Gasteiger charge is 2.32. The van der Waals surface area contributed by atoms with E-state index < -0.39 is 0 Å². The Labute approximate surface area is 134 Å². The maximum Gasteiger partial charge on any atom is 0.0403 e. The molecule has 0 aliphatic carbocycles. The maximum atomic E-state index is 3.85. The van der Waals surface area contributed by atoms with Gasteiger partial charge >= 0.3 is 0 Å². The first kappa shape index (κ1) is 16.7. The second-order valence-electron chi connectivity index (χ2n) is 6.63. The summed E-state index contributed by atoms with van der Waals surface area (Å²) in [7, 11) is 0. The topological polar surface area (TPSA) is 15.3 Å². The molecule has 2 rings (SSSR count). The predicted octanol–water partition coefficient (Wildman–Crippen LogP) is 4.47. The zero-order valence-electron chi connectivity index (χ0n) is 14.0. The molecule has 0 saturated carbocycles. The number of para-hydroxylation sites is 1. The van der Waals surface area contributed by atoms with E-state index in [1.807, 2.05) is 0 Å². The van der Waals surface area contributed by atoms with Gasteiger partial charge in [-0.3, -0.25) is 4.90 Å². The van der Waals surface area contributed by atoms with Crippen molar-refractivity contribution in [2.75, 3.05) is 29.9 Å². The van der Waals surface area contributed by atoms with Crippen LogP contribution in [0.4, 0.5) is 5.69 Å². The summed E-state index contributed by atoms with van der Waals surface area (Å²) < 4.78 is 0. The third-order valence-electron chi connectivity index (χ3n) is 4.75. The van der Waals surface area contributed by atoms with E-state index in [4.69, 9.17) is 0 Å². The summed E-state index contributed by atoms with van der Waals surface area (Å²) in [6, 6.07) is 9.38. The van der Waals surface area contributed by atoms with E-state index in [2.05, 4.69) is 73.9 Å². The summed E-state index contributed by atoms with van der Waals surface area (Å²) in [5.41, 5.74) is 3.13. The van der Waals surface area contributed by atoms with E-state index in [0.717, 1.165) is 19.6 Å². The van der Waals surface area contributed by atoms with Crippen molar-refractivity contribution >= 4 is 17.4 Å². The van der Waals surface area contributed by atoms with Gasteiger partial charge in [0.25, 0.3) is 0 Å². The number of anilines is 1. The fourth-order valence-corrected chi connectivity index (χ4v) is 4.46. The van der Waals surface area contributed by atoms with Crippen molar-refractivity contribution in [3.8, 4) is 0 Å². The van der Waals surface area contributed by atoms with E-state index >= 15 is 0 Å². The molecule has 2 nitrogen and oxygen atoms in total. The minimum atomic E-state index is 0.383. The van der Waals surface area contributed by atoms with Crippen LogP contribution in [0.2, 0.25) is 0 Å². The molecule has 1 N–H and O–H groups in total. The highest BCUT2D eigenvalue weighted by molar-refractivity contribution is 7.99. The highest BCUT2D eigenvalue weighted by Crippen LogP contribution is 2.36. The van der Waals surface area contributed by atoms with Crippen LogP contribution in [0.3, 0.4) is 0 Å². The van der Waals surface area contributed by atoms with Gasteiger partial charge in [-0.1, -0.05) is 45.9 Å². The molecule has 1 heterocycles. The van der Waals surface area contributed by atoms with Gasteiger partial charge in [0, 0.05) is 24.0 Å². The van der Waals surface area contributed by atoms with Crippen LogP contribution < -0.4 is 5.32 Å². The molecule has 0 spiro atoms. The molecule has 1 aliphatic rings. The van der Waals surface area contributed by atoms with Crippen LogP contribution in [0.5, 0.6) is 0 Å².